The van der Waals surface area contributed by atoms with Crippen LogP contribution in [0.5, 0.6) is 0 Å². The van der Waals surface area contributed by atoms with E-state index < -0.39 is 0 Å². The molecule has 0 aliphatic carbocycles. The summed E-state index contributed by atoms with van der Waals surface area (Å²) < 4.78 is 2.56. The van der Waals surface area contributed by atoms with Crippen LogP contribution in [0, 0.1) is 0 Å². The first kappa shape index (κ1) is 13.4. The Bertz CT molecular complexity index is 691. The zero-order valence-corrected chi connectivity index (χ0v) is 11.2. The van der Waals surface area contributed by atoms with Crippen LogP contribution in [0.25, 0.3) is 0 Å². The molecule has 2 rings (SSSR count). The van der Waals surface area contributed by atoms with Crippen LogP contribution in [0.15, 0.2) is 46.1 Å². The Kier molecular flexibility index (Phi) is 4.06. The molecule has 1 N–H and O–H groups in total. The second-order valence-electron chi connectivity index (χ2n) is 4.11. The summed E-state index contributed by atoms with van der Waals surface area (Å²) in [5.41, 5.74) is 0.155. The number of anilines is 1. The Morgan fingerprint density at radius 2 is 1.95 bits per heavy atom. The average Bonchev–Trinajstić information content (AvgIpc) is 2.40. The van der Waals surface area contributed by atoms with Crippen LogP contribution in [-0.2, 0) is 13.6 Å². The maximum absolute atomic E-state index is 11.8. The van der Waals surface area contributed by atoms with Crippen LogP contribution in [0.4, 0.5) is 5.69 Å². The molecule has 0 saturated carbocycles. The highest BCUT2D eigenvalue weighted by atomic mass is 35.5. The van der Waals surface area contributed by atoms with Crippen molar-refractivity contribution < 1.29 is 0 Å². The van der Waals surface area contributed by atoms with Crippen molar-refractivity contribution in [3.05, 3.63) is 62.4 Å². The van der Waals surface area contributed by atoms with E-state index in [4.69, 9.17) is 11.6 Å². The average molecular weight is 280 g/mol. The van der Waals surface area contributed by atoms with Crippen molar-refractivity contribution in [3.8, 4) is 0 Å². The fourth-order valence-electron chi connectivity index (χ4n) is 1.73. The molecular formula is C13H14ClN3O2. The zero-order chi connectivity index (χ0) is 13.8. The first-order chi connectivity index (χ1) is 9.09. The van der Waals surface area contributed by atoms with Gasteiger partial charge in [-0.1, -0.05) is 23.7 Å². The Balaban J connectivity index is 2.09. The number of aromatic nitrogens is 2. The van der Waals surface area contributed by atoms with Crippen molar-refractivity contribution in [2.45, 2.75) is 6.54 Å². The summed E-state index contributed by atoms with van der Waals surface area (Å²) in [6, 6.07) is 8.69. The van der Waals surface area contributed by atoms with Gasteiger partial charge in [0.05, 0.1) is 10.7 Å². The minimum Gasteiger partial charge on any atom is -0.382 e. The van der Waals surface area contributed by atoms with Gasteiger partial charge in [-0.05, 0) is 12.1 Å². The molecule has 0 amide bonds. The van der Waals surface area contributed by atoms with Crippen LogP contribution in [0.2, 0.25) is 5.02 Å². The van der Waals surface area contributed by atoms with E-state index in [0.717, 1.165) is 5.69 Å². The van der Waals surface area contributed by atoms with Gasteiger partial charge in [0.25, 0.3) is 5.56 Å². The molecule has 0 bridgehead atoms. The first-order valence-corrected chi connectivity index (χ1v) is 6.22. The smallest absolute Gasteiger partial charge is 0.330 e. The Morgan fingerprint density at radius 1 is 1.21 bits per heavy atom. The third-order valence-electron chi connectivity index (χ3n) is 2.76. The van der Waals surface area contributed by atoms with Gasteiger partial charge in [0, 0.05) is 32.4 Å². The van der Waals surface area contributed by atoms with Gasteiger partial charge < -0.3 is 9.88 Å². The van der Waals surface area contributed by atoms with Crippen molar-refractivity contribution in [2.75, 3.05) is 11.9 Å². The molecule has 0 atom stereocenters. The monoisotopic (exact) mass is 279 g/mol. The SMILES string of the molecule is Cn1ccc(=O)n(CCNc2ccccc2Cl)c1=O. The highest BCUT2D eigenvalue weighted by molar-refractivity contribution is 6.33. The van der Waals surface area contributed by atoms with Gasteiger partial charge in [-0.25, -0.2) is 4.79 Å². The molecule has 0 fully saturated rings. The summed E-state index contributed by atoms with van der Waals surface area (Å²) in [5.74, 6) is 0. The minimum atomic E-state index is -0.326. The highest BCUT2D eigenvalue weighted by Crippen LogP contribution is 2.19. The third-order valence-corrected chi connectivity index (χ3v) is 3.09. The van der Waals surface area contributed by atoms with Crippen LogP contribution < -0.4 is 16.6 Å². The van der Waals surface area contributed by atoms with Gasteiger partial charge in [0.2, 0.25) is 0 Å². The van der Waals surface area contributed by atoms with E-state index in [2.05, 4.69) is 5.32 Å². The fourth-order valence-corrected chi connectivity index (χ4v) is 1.93. The van der Waals surface area contributed by atoms with Gasteiger partial charge in [0.1, 0.15) is 0 Å². The normalized spacial score (nSPS) is 10.4. The maximum Gasteiger partial charge on any atom is 0.330 e. The van der Waals surface area contributed by atoms with Gasteiger partial charge in [-0.2, -0.15) is 0 Å². The van der Waals surface area contributed by atoms with Gasteiger partial charge in [0.15, 0.2) is 0 Å². The van der Waals surface area contributed by atoms with Crippen LogP contribution in [-0.4, -0.2) is 15.7 Å². The predicted molar refractivity (Wildman–Crippen MR) is 75.9 cm³/mol. The Labute approximate surface area is 115 Å². The summed E-state index contributed by atoms with van der Waals surface area (Å²) in [6.07, 6.45) is 1.46. The maximum atomic E-state index is 11.8. The quantitative estimate of drug-likeness (QED) is 0.918. The van der Waals surface area contributed by atoms with E-state index in [1.54, 1.807) is 13.1 Å². The molecular weight excluding hydrogens is 266 g/mol. The summed E-state index contributed by atoms with van der Waals surface area (Å²) in [4.78, 5) is 23.4. The largest absolute Gasteiger partial charge is 0.382 e. The van der Waals surface area contributed by atoms with E-state index >= 15 is 0 Å². The van der Waals surface area contributed by atoms with Crippen LogP contribution >= 0.6 is 11.6 Å². The Morgan fingerprint density at radius 3 is 2.68 bits per heavy atom. The second-order valence-corrected chi connectivity index (χ2v) is 4.51. The number of hydrogen-bond donors (Lipinski definition) is 1. The van der Waals surface area contributed by atoms with Gasteiger partial charge >= 0.3 is 5.69 Å². The second kappa shape index (κ2) is 5.75. The summed E-state index contributed by atoms with van der Waals surface area (Å²) in [7, 11) is 1.61. The summed E-state index contributed by atoms with van der Waals surface area (Å²) >= 11 is 6.00. The van der Waals surface area contributed by atoms with E-state index in [-0.39, 0.29) is 17.8 Å². The van der Waals surface area contributed by atoms with E-state index in [1.165, 1.54) is 21.4 Å². The molecule has 0 unspecified atom stereocenters. The lowest BCUT2D eigenvalue weighted by Crippen LogP contribution is -2.39. The number of rotatable bonds is 4. The van der Waals surface area contributed by atoms with Crippen molar-refractivity contribution >= 4 is 17.3 Å². The molecule has 0 aliphatic heterocycles. The van der Waals surface area contributed by atoms with Crippen molar-refractivity contribution in [2.24, 2.45) is 7.05 Å². The van der Waals surface area contributed by atoms with E-state index in [0.29, 0.717) is 11.6 Å². The number of halogens is 1. The first-order valence-electron chi connectivity index (χ1n) is 5.84. The minimum absolute atomic E-state index is 0.289. The zero-order valence-electron chi connectivity index (χ0n) is 10.5. The van der Waals surface area contributed by atoms with Crippen molar-refractivity contribution in [3.63, 3.8) is 0 Å². The molecule has 19 heavy (non-hydrogen) atoms. The molecule has 1 aromatic carbocycles. The lowest BCUT2D eigenvalue weighted by Gasteiger charge is -2.09. The van der Waals surface area contributed by atoms with Crippen molar-refractivity contribution in [1.29, 1.82) is 0 Å². The number of aryl methyl sites for hydroxylation is 1. The number of nitrogens with one attached hydrogen (secondary N) is 1. The molecule has 0 radical (unpaired) electrons. The molecule has 5 nitrogen and oxygen atoms in total. The van der Waals surface area contributed by atoms with E-state index in [9.17, 15) is 9.59 Å². The molecule has 6 heteroatoms. The van der Waals surface area contributed by atoms with E-state index in [1.807, 2.05) is 18.2 Å². The molecule has 0 saturated heterocycles. The standard InChI is InChI=1S/C13H14ClN3O2/c1-16-8-6-12(18)17(13(16)19)9-7-15-11-5-3-2-4-10(11)14/h2-6,8,15H,7,9H2,1H3. The summed E-state index contributed by atoms with van der Waals surface area (Å²) in [6.45, 7) is 0.737. The number of hydrogen-bond acceptors (Lipinski definition) is 3. The number of para-hydroxylation sites is 1. The van der Waals surface area contributed by atoms with Gasteiger partial charge in [-0.3, -0.25) is 9.36 Å². The number of benzene rings is 1. The molecule has 1 heterocycles. The summed E-state index contributed by atoms with van der Waals surface area (Å²) in [5, 5.41) is 3.70. The molecule has 1 aromatic heterocycles. The fraction of sp³-hybridized carbons (Fsp3) is 0.231. The lowest BCUT2D eigenvalue weighted by molar-refractivity contribution is 0.607. The molecule has 0 aliphatic rings. The molecule has 0 spiro atoms. The number of nitrogens with zero attached hydrogens (tertiary/aromatic N) is 2. The third kappa shape index (κ3) is 3.06. The molecule has 2 aromatic rings. The van der Waals surface area contributed by atoms with Crippen molar-refractivity contribution in [1.82, 2.24) is 9.13 Å². The highest BCUT2D eigenvalue weighted by Gasteiger charge is 2.03. The van der Waals surface area contributed by atoms with Crippen LogP contribution in [0.1, 0.15) is 0 Å². The predicted octanol–water partition coefficient (Wildman–Crippen LogP) is 1.31. The lowest BCUT2D eigenvalue weighted by atomic mass is 10.3. The molecule has 100 valence electrons. The van der Waals surface area contributed by atoms with Crippen LogP contribution in [0.3, 0.4) is 0 Å². The van der Waals surface area contributed by atoms with Gasteiger partial charge in [-0.15, -0.1) is 0 Å². The Hall–Kier alpha value is -2.01. The topological polar surface area (TPSA) is 56.0 Å².